The molecule has 0 N–H and O–H groups in total. The fourth-order valence-electron chi connectivity index (χ4n) is 5.51. The smallest absolute Gasteiger partial charge is 0.0297 e. The van der Waals surface area contributed by atoms with Crippen LogP contribution >= 0.6 is 0 Å². The molecule has 0 heterocycles. The van der Waals surface area contributed by atoms with Gasteiger partial charge in [0.15, 0.2) is 0 Å². The third-order valence-electron chi connectivity index (χ3n) is 7.61. The Labute approximate surface area is 180 Å². The summed E-state index contributed by atoms with van der Waals surface area (Å²) in [6.07, 6.45) is 28.4. The number of hydrogen-bond acceptors (Lipinski definition) is 0. The van der Waals surface area contributed by atoms with Gasteiger partial charge in [0.25, 0.3) is 0 Å². The first-order valence-electron chi connectivity index (χ1n) is 13.5. The van der Waals surface area contributed by atoms with E-state index in [0.29, 0.717) is 0 Å². The summed E-state index contributed by atoms with van der Waals surface area (Å²) < 4.78 is 0. The molecule has 1 aliphatic rings. The highest BCUT2D eigenvalue weighted by atomic mass is 14.4. The quantitative estimate of drug-likeness (QED) is 0.216. The molecule has 0 aromatic rings. The maximum Gasteiger partial charge on any atom is -0.0297 e. The van der Waals surface area contributed by atoms with Crippen LogP contribution in [0.2, 0.25) is 0 Å². The van der Waals surface area contributed by atoms with Crippen molar-refractivity contribution in [1.29, 1.82) is 0 Å². The molecule has 1 rings (SSSR count). The summed E-state index contributed by atoms with van der Waals surface area (Å²) in [5, 5.41) is 0. The van der Waals surface area contributed by atoms with Crippen LogP contribution in [-0.4, -0.2) is 0 Å². The van der Waals surface area contributed by atoms with Gasteiger partial charge in [0, 0.05) is 0 Å². The van der Waals surface area contributed by atoms with Crippen molar-refractivity contribution in [3.63, 3.8) is 0 Å². The van der Waals surface area contributed by atoms with Crippen LogP contribution in [0.5, 0.6) is 0 Å². The standard InChI is InChI=1S/C28H56/c1-6-7-18-27-19-23-28(24-20-27,21-14-10-8-12-16-25(2)3)22-15-11-9-13-17-26(4)5/h25-27H,6-24H2,1-5H3. The van der Waals surface area contributed by atoms with E-state index in [1.165, 1.54) is 83.5 Å². The summed E-state index contributed by atoms with van der Waals surface area (Å²) >= 11 is 0. The summed E-state index contributed by atoms with van der Waals surface area (Å²) in [5.74, 6) is 2.84. The minimum absolute atomic E-state index is 0.735. The molecule has 0 unspecified atom stereocenters. The molecule has 0 aromatic heterocycles. The van der Waals surface area contributed by atoms with Gasteiger partial charge in [-0.15, -0.1) is 0 Å². The van der Waals surface area contributed by atoms with Crippen molar-refractivity contribution in [2.45, 2.75) is 157 Å². The summed E-state index contributed by atoms with van der Waals surface area (Å²) in [5.41, 5.74) is 0.735. The predicted molar refractivity (Wildman–Crippen MR) is 129 cm³/mol. The Morgan fingerprint density at radius 1 is 0.643 bits per heavy atom. The van der Waals surface area contributed by atoms with E-state index in [2.05, 4.69) is 34.6 Å². The van der Waals surface area contributed by atoms with Crippen molar-refractivity contribution in [1.82, 2.24) is 0 Å². The Balaban J connectivity index is 2.33. The van der Waals surface area contributed by atoms with Crippen LogP contribution in [0.1, 0.15) is 157 Å². The predicted octanol–water partition coefficient (Wildman–Crippen LogP) is 10.3. The lowest BCUT2D eigenvalue weighted by Gasteiger charge is -2.41. The average molecular weight is 393 g/mol. The molecule has 0 heteroatoms. The van der Waals surface area contributed by atoms with E-state index in [4.69, 9.17) is 0 Å². The fraction of sp³-hybridized carbons (Fsp3) is 1.00. The number of unbranched alkanes of at least 4 members (excludes halogenated alkanes) is 7. The molecule has 0 atom stereocenters. The lowest BCUT2D eigenvalue weighted by molar-refractivity contribution is 0.111. The zero-order chi connectivity index (χ0) is 20.7. The van der Waals surface area contributed by atoms with E-state index >= 15 is 0 Å². The van der Waals surface area contributed by atoms with Gasteiger partial charge in [-0.2, -0.15) is 0 Å². The lowest BCUT2D eigenvalue weighted by Crippen LogP contribution is -2.28. The van der Waals surface area contributed by atoms with Crippen molar-refractivity contribution in [3.8, 4) is 0 Å². The Hall–Kier alpha value is 0. The van der Waals surface area contributed by atoms with Gasteiger partial charge < -0.3 is 0 Å². The minimum atomic E-state index is 0.735. The second-order valence-electron chi connectivity index (χ2n) is 11.3. The molecule has 0 aliphatic heterocycles. The van der Waals surface area contributed by atoms with Crippen molar-refractivity contribution in [2.75, 3.05) is 0 Å². The highest BCUT2D eigenvalue weighted by Crippen LogP contribution is 2.47. The summed E-state index contributed by atoms with van der Waals surface area (Å²) in [6, 6.07) is 0. The molecule has 0 amide bonds. The molecule has 0 radical (unpaired) electrons. The maximum atomic E-state index is 2.37. The Morgan fingerprint density at radius 3 is 1.54 bits per heavy atom. The van der Waals surface area contributed by atoms with E-state index in [1.54, 1.807) is 38.5 Å². The topological polar surface area (TPSA) is 0 Å². The molecule has 28 heavy (non-hydrogen) atoms. The Bertz CT molecular complexity index is 310. The van der Waals surface area contributed by atoms with Crippen molar-refractivity contribution in [2.24, 2.45) is 23.2 Å². The third-order valence-corrected chi connectivity index (χ3v) is 7.61. The van der Waals surface area contributed by atoms with Gasteiger partial charge in [-0.25, -0.2) is 0 Å². The van der Waals surface area contributed by atoms with Gasteiger partial charge in [-0.3, -0.25) is 0 Å². The van der Waals surface area contributed by atoms with Gasteiger partial charge in [0.2, 0.25) is 0 Å². The highest BCUT2D eigenvalue weighted by molar-refractivity contribution is 4.86. The fourth-order valence-corrected chi connectivity index (χ4v) is 5.51. The van der Waals surface area contributed by atoms with E-state index in [1.807, 2.05) is 0 Å². The van der Waals surface area contributed by atoms with Crippen LogP contribution in [0.15, 0.2) is 0 Å². The van der Waals surface area contributed by atoms with Gasteiger partial charge in [-0.1, -0.05) is 118 Å². The summed E-state index contributed by atoms with van der Waals surface area (Å²) in [7, 11) is 0. The lowest BCUT2D eigenvalue weighted by atomic mass is 9.65. The van der Waals surface area contributed by atoms with E-state index < -0.39 is 0 Å². The van der Waals surface area contributed by atoms with Crippen LogP contribution in [-0.2, 0) is 0 Å². The average Bonchev–Trinajstić information content (AvgIpc) is 2.66. The van der Waals surface area contributed by atoms with Crippen molar-refractivity contribution < 1.29 is 0 Å². The molecule has 1 saturated carbocycles. The molecular formula is C28H56. The molecule has 0 saturated heterocycles. The van der Waals surface area contributed by atoms with Gasteiger partial charge in [0.1, 0.15) is 0 Å². The van der Waals surface area contributed by atoms with Crippen LogP contribution in [0.4, 0.5) is 0 Å². The zero-order valence-corrected chi connectivity index (χ0v) is 20.7. The largest absolute Gasteiger partial charge is 0.0654 e. The van der Waals surface area contributed by atoms with E-state index in [9.17, 15) is 0 Å². The number of rotatable bonds is 17. The first-order chi connectivity index (χ1) is 13.5. The van der Waals surface area contributed by atoms with Gasteiger partial charge in [-0.05, 0) is 61.7 Å². The van der Waals surface area contributed by atoms with Crippen LogP contribution in [0.3, 0.4) is 0 Å². The molecule has 1 fully saturated rings. The number of hydrogen-bond donors (Lipinski definition) is 0. The van der Waals surface area contributed by atoms with Gasteiger partial charge in [0.05, 0.1) is 0 Å². The van der Waals surface area contributed by atoms with Crippen molar-refractivity contribution >= 4 is 0 Å². The van der Waals surface area contributed by atoms with E-state index in [-0.39, 0.29) is 0 Å². The van der Waals surface area contributed by atoms with Crippen LogP contribution in [0, 0.1) is 23.2 Å². The first kappa shape index (κ1) is 26.0. The van der Waals surface area contributed by atoms with Crippen LogP contribution < -0.4 is 0 Å². The molecular weight excluding hydrogens is 336 g/mol. The Morgan fingerprint density at radius 2 is 1.11 bits per heavy atom. The monoisotopic (exact) mass is 392 g/mol. The third kappa shape index (κ3) is 12.5. The maximum absolute atomic E-state index is 2.37. The zero-order valence-electron chi connectivity index (χ0n) is 20.7. The van der Waals surface area contributed by atoms with Gasteiger partial charge >= 0.3 is 0 Å². The molecule has 0 nitrogen and oxygen atoms in total. The second-order valence-corrected chi connectivity index (χ2v) is 11.3. The molecule has 0 spiro atoms. The minimum Gasteiger partial charge on any atom is -0.0654 e. The second kappa shape index (κ2) is 15.8. The van der Waals surface area contributed by atoms with Crippen LogP contribution in [0.25, 0.3) is 0 Å². The molecule has 168 valence electrons. The van der Waals surface area contributed by atoms with Crippen molar-refractivity contribution in [3.05, 3.63) is 0 Å². The Kier molecular flexibility index (Phi) is 14.7. The SMILES string of the molecule is CCCCC1CCC(CCCCCCC(C)C)(CCCCCCC(C)C)CC1. The first-order valence-corrected chi connectivity index (χ1v) is 13.5. The summed E-state index contributed by atoms with van der Waals surface area (Å²) in [4.78, 5) is 0. The normalized spacial score (nSPS) is 17.7. The molecule has 0 bridgehead atoms. The molecule has 1 aliphatic carbocycles. The summed E-state index contributed by atoms with van der Waals surface area (Å²) in [6.45, 7) is 11.8. The van der Waals surface area contributed by atoms with E-state index in [0.717, 1.165) is 23.2 Å². The highest BCUT2D eigenvalue weighted by Gasteiger charge is 2.33. The molecule has 0 aromatic carbocycles.